The minimum absolute atomic E-state index is 0.0221. The number of rotatable bonds is 3. The lowest BCUT2D eigenvalue weighted by Crippen LogP contribution is -2.27. The molecule has 0 spiro atoms. The van der Waals surface area contributed by atoms with Crippen LogP contribution in [-0.2, 0) is 11.0 Å². The van der Waals surface area contributed by atoms with E-state index < -0.39 is 23.6 Å². The number of benzene rings is 2. The molecule has 1 aliphatic rings. The molecule has 0 bridgehead atoms. The average Bonchev–Trinajstić information content (AvgIpc) is 2.89. The Morgan fingerprint density at radius 2 is 1.89 bits per heavy atom. The van der Waals surface area contributed by atoms with Crippen LogP contribution in [0, 0.1) is 0 Å². The molecule has 2 N–H and O–H groups in total. The van der Waals surface area contributed by atoms with Crippen molar-refractivity contribution in [2.75, 3.05) is 4.90 Å². The van der Waals surface area contributed by atoms with Gasteiger partial charge in [0.05, 0.1) is 21.7 Å². The Morgan fingerprint density at radius 1 is 1.18 bits per heavy atom. The van der Waals surface area contributed by atoms with Gasteiger partial charge in [0.15, 0.2) is 4.32 Å². The Hall–Kier alpha value is -2.85. The van der Waals surface area contributed by atoms with Gasteiger partial charge in [-0.25, -0.2) is 4.79 Å². The maximum atomic E-state index is 12.9. The molecular weight excluding hydrogens is 415 g/mol. The summed E-state index contributed by atoms with van der Waals surface area (Å²) in [5.41, 5.74) is -0.892. The maximum absolute atomic E-state index is 12.9. The SMILES string of the molecule is O=C(O)c1ccc(/C=C2\SC(=S)N(c3cccc(C(F)(F)F)c3)C2=O)c(O)c1. The molecule has 1 aliphatic heterocycles. The van der Waals surface area contributed by atoms with E-state index in [9.17, 15) is 27.9 Å². The number of phenolic OH excluding ortho intramolecular Hbond substituents is 1. The summed E-state index contributed by atoms with van der Waals surface area (Å²) in [6.45, 7) is 0. The summed E-state index contributed by atoms with van der Waals surface area (Å²) < 4.78 is 38.8. The van der Waals surface area contributed by atoms with E-state index in [-0.39, 0.29) is 31.8 Å². The molecule has 2 aromatic rings. The number of aromatic hydroxyl groups is 1. The van der Waals surface area contributed by atoms with Crippen LogP contribution in [0.1, 0.15) is 21.5 Å². The molecule has 0 atom stereocenters. The van der Waals surface area contributed by atoms with Gasteiger partial charge in [-0.3, -0.25) is 9.69 Å². The Bertz CT molecular complexity index is 1030. The molecule has 1 heterocycles. The number of carbonyl (C=O) groups is 2. The number of hydrogen-bond acceptors (Lipinski definition) is 5. The quantitative estimate of drug-likeness (QED) is 0.556. The third kappa shape index (κ3) is 3.87. The highest BCUT2D eigenvalue weighted by Crippen LogP contribution is 2.39. The van der Waals surface area contributed by atoms with Crippen molar-refractivity contribution in [3.63, 3.8) is 0 Å². The van der Waals surface area contributed by atoms with Gasteiger partial charge in [-0.05, 0) is 36.4 Å². The number of carboxylic acids is 1. The summed E-state index contributed by atoms with van der Waals surface area (Å²) in [6, 6.07) is 7.82. The zero-order valence-corrected chi connectivity index (χ0v) is 15.4. The number of aromatic carboxylic acids is 1. The predicted octanol–water partition coefficient (Wildman–Crippen LogP) is 4.52. The Balaban J connectivity index is 1.94. The number of halogens is 3. The normalized spacial score (nSPS) is 16.1. The minimum atomic E-state index is -4.57. The molecule has 0 aromatic heterocycles. The minimum Gasteiger partial charge on any atom is -0.507 e. The number of alkyl halides is 3. The number of thiocarbonyl (C=S) groups is 1. The number of amides is 1. The second kappa shape index (κ2) is 7.28. The predicted molar refractivity (Wildman–Crippen MR) is 102 cm³/mol. The van der Waals surface area contributed by atoms with E-state index >= 15 is 0 Å². The number of carboxylic acid groups (broad SMARTS) is 1. The van der Waals surface area contributed by atoms with E-state index in [1.165, 1.54) is 30.3 Å². The van der Waals surface area contributed by atoms with E-state index in [4.69, 9.17) is 17.3 Å². The van der Waals surface area contributed by atoms with Crippen LogP contribution in [-0.4, -0.2) is 26.4 Å². The number of carbonyl (C=O) groups excluding carboxylic acids is 1. The molecule has 28 heavy (non-hydrogen) atoms. The molecule has 2 aromatic carbocycles. The Kier molecular flexibility index (Phi) is 5.18. The van der Waals surface area contributed by atoms with Gasteiger partial charge in [0.1, 0.15) is 5.75 Å². The second-order valence-electron chi connectivity index (χ2n) is 5.64. The van der Waals surface area contributed by atoms with Crippen molar-refractivity contribution in [2.24, 2.45) is 0 Å². The van der Waals surface area contributed by atoms with Crippen molar-refractivity contribution >= 4 is 51.9 Å². The van der Waals surface area contributed by atoms with E-state index in [1.807, 2.05) is 0 Å². The number of phenols is 1. The number of anilines is 1. The molecular formula is C18H10F3NO4S2. The van der Waals surface area contributed by atoms with Crippen molar-refractivity contribution in [3.05, 3.63) is 64.1 Å². The summed E-state index contributed by atoms with van der Waals surface area (Å²) in [6.07, 6.45) is -3.27. The molecule has 3 rings (SSSR count). The van der Waals surface area contributed by atoms with Gasteiger partial charge in [-0.1, -0.05) is 36.1 Å². The van der Waals surface area contributed by atoms with Crippen molar-refractivity contribution in [3.8, 4) is 5.75 Å². The van der Waals surface area contributed by atoms with Gasteiger partial charge in [-0.15, -0.1) is 0 Å². The summed E-state index contributed by atoms with van der Waals surface area (Å²) in [5, 5.41) is 18.9. The van der Waals surface area contributed by atoms with Gasteiger partial charge < -0.3 is 10.2 Å². The highest BCUT2D eigenvalue weighted by molar-refractivity contribution is 8.27. The topological polar surface area (TPSA) is 77.8 Å². The lowest BCUT2D eigenvalue weighted by Gasteiger charge is -2.16. The Labute approximate surface area is 166 Å². The highest BCUT2D eigenvalue weighted by atomic mass is 32.2. The summed E-state index contributed by atoms with van der Waals surface area (Å²) in [4.78, 5) is 24.6. The number of hydrogen-bond donors (Lipinski definition) is 2. The number of thioether (sulfide) groups is 1. The first kappa shape index (κ1) is 19.9. The van der Waals surface area contributed by atoms with Crippen LogP contribution in [0.3, 0.4) is 0 Å². The molecule has 0 aliphatic carbocycles. The zero-order chi connectivity index (χ0) is 20.6. The van der Waals surface area contributed by atoms with Crippen LogP contribution in [0.2, 0.25) is 0 Å². The van der Waals surface area contributed by atoms with Crippen LogP contribution >= 0.6 is 24.0 Å². The largest absolute Gasteiger partial charge is 0.507 e. The molecule has 0 unspecified atom stereocenters. The zero-order valence-electron chi connectivity index (χ0n) is 13.7. The maximum Gasteiger partial charge on any atom is 0.416 e. The highest BCUT2D eigenvalue weighted by Gasteiger charge is 2.36. The smallest absolute Gasteiger partial charge is 0.416 e. The van der Waals surface area contributed by atoms with Crippen LogP contribution in [0.5, 0.6) is 5.75 Å². The lowest BCUT2D eigenvalue weighted by atomic mass is 10.1. The molecule has 5 nitrogen and oxygen atoms in total. The fourth-order valence-electron chi connectivity index (χ4n) is 2.45. The molecule has 0 saturated carbocycles. The van der Waals surface area contributed by atoms with Gasteiger partial charge in [0, 0.05) is 5.56 Å². The number of nitrogens with zero attached hydrogens (tertiary/aromatic N) is 1. The van der Waals surface area contributed by atoms with Crippen molar-refractivity contribution < 1.29 is 33.0 Å². The standard InChI is InChI=1S/C18H10F3NO4S2/c19-18(20,21)11-2-1-3-12(8-11)22-15(24)14(28-17(22)27)7-9-4-5-10(16(25)26)6-13(9)23/h1-8,23H,(H,25,26)/b14-7-. The van der Waals surface area contributed by atoms with Gasteiger partial charge in [-0.2, -0.15) is 13.2 Å². The van der Waals surface area contributed by atoms with E-state index in [2.05, 4.69) is 0 Å². The fraction of sp³-hybridized carbons (Fsp3) is 0.0556. The van der Waals surface area contributed by atoms with E-state index in [1.54, 1.807) is 0 Å². The molecule has 144 valence electrons. The van der Waals surface area contributed by atoms with Crippen molar-refractivity contribution in [1.82, 2.24) is 0 Å². The van der Waals surface area contributed by atoms with Gasteiger partial charge in [0.25, 0.3) is 5.91 Å². The van der Waals surface area contributed by atoms with Crippen molar-refractivity contribution in [2.45, 2.75) is 6.18 Å². The van der Waals surface area contributed by atoms with E-state index in [0.29, 0.717) is 0 Å². The van der Waals surface area contributed by atoms with Crippen molar-refractivity contribution in [1.29, 1.82) is 0 Å². The van der Waals surface area contributed by atoms with Crippen LogP contribution in [0.25, 0.3) is 6.08 Å². The molecule has 1 saturated heterocycles. The monoisotopic (exact) mass is 425 g/mol. The summed E-state index contributed by atoms with van der Waals surface area (Å²) in [5.74, 6) is -2.22. The van der Waals surface area contributed by atoms with Gasteiger partial charge in [0.2, 0.25) is 0 Å². The molecule has 0 radical (unpaired) electrons. The fourth-order valence-corrected chi connectivity index (χ4v) is 3.74. The van der Waals surface area contributed by atoms with Crippen LogP contribution in [0.15, 0.2) is 47.4 Å². The van der Waals surface area contributed by atoms with E-state index in [0.717, 1.165) is 34.9 Å². The first-order valence-corrected chi connectivity index (χ1v) is 8.82. The lowest BCUT2D eigenvalue weighted by molar-refractivity contribution is -0.137. The average molecular weight is 425 g/mol. The summed E-state index contributed by atoms with van der Waals surface area (Å²) >= 11 is 5.99. The molecule has 1 fully saturated rings. The first-order chi connectivity index (χ1) is 13.1. The first-order valence-electron chi connectivity index (χ1n) is 7.59. The molecule has 1 amide bonds. The third-order valence-corrected chi connectivity index (χ3v) is 5.09. The van der Waals surface area contributed by atoms with Crippen LogP contribution < -0.4 is 4.90 Å². The van der Waals surface area contributed by atoms with Crippen LogP contribution in [0.4, 0.5) is 18.9 Å². The Morgan fingerprint density at radius 3 is 2.50 bits per heavy atom. The second-order valence-corrected chi connectivity index (χ2v) is 7.32. The third-order valence-electron chi connectivity index (χ3n) is 3.79. The summed E-state index contributed by atoms with van der Waals surface area (Å²) in [7, 11) is 0. The van der Waals surface area contributed by atoms with Gasteiger partial charge >= 0.3 is 12.1 Å². The molecule has 10 heteroatoms.